The second kappa shape index (κ2) is 5.72. The predicted octanol–water partition coefficient (Wildman–Crippen LogP) is 2.30. The summed E-state index contributed by atoms with van der Waals surface area (Å²) in [5.41, 5.74) is 0.241. The maximum absolute atomic E-state index is 11.7. The Morgan fingerprint density at radius 3 is 2.50 bits per heavy atom. The third-order valence-corrected chi connectivity index (χ3v) is 3.68. The smallest absolute Gasteiger partial charge is 0.224 e. The van der Waals surface area contributed by atoms with Crippen LogP contribution in [-0.4, -0.2) is 23.2 Å². The SMILES string of the molecule is O=C(Cc1ccc(Cl)cc1)NCC1(O)CCCC1. The van der Waals surface area contributed by atoms with Crippen molar-refractivity contribution in [3.8, 4) is 0 Å². The van der Waals surface area contributed by atoms with Crippen LogP contribution in [-0.2, 0) is 11.2 Å². The van der Waals surface area contributed by atoms with E-state index in [1.807, 2.05) is 12.1 Å². The maximum Gasteiger partial charge on any atom is 0.224 e. The maximum atomic E-state index is 11.7. The number of aliphatic hydroxyl groups is 1. The van der Waals surface area contributed by atoms with Crippen LogP contribution >= 0.6 is 11.6 Å². The lowest BCUT2D eigenvalue weighted by Crippen LogP contribution is -2.41. The first-order valence-corrected chi connectivity index (χ1v) is 6.69. The number of hydrogen-bond donors (Lipinski definition) is 2. The first-order valence-electron chi connectivity index (χ1n) is 6.31. The Morgan fingerprint density at radius 1 is 1.28 bits per heavy atom. The van der Waals surface area contributed by atoms with Crippen LogP contribution < -0.4 is 5.32 Å². The minimum atomic E-state index is -0.685. The molecule has 0 atom stereocenters. The van der Waals surface area contributed by atoms with Gasteiger partial charge in [0.1, 0.15) is 0 Å². The van der Waals surface area contributed by atoms with Crippen molar-refractivity contribution in [2.24, 2.45) is 0 Å². The van der Waals surface area contributed by atoms with Gasteiger partial charge in [-0.15, -0.1) is 0 Å². The van der Waals surface area contributed by atoms with Gasteiger partial charge in [-0.2, -0.15) is 0 Å². The Kier molecular flexibility index (Phi) is 4.25. The second-order valence-corrected chi connectivity index (χ2v) is 5.45. The molecule has 1 aliphatic carbocycles. The zero-order valence-electron chi connectivity index (χ0n) is 10.3. The highest BCUT2D eigenvalue weighted by Crippen LogP contribution is 2.28. The van der Waals surface area contributed by atoms with Gasteiger partial charge < -0.3 is 10.4 Å². The fraction of sp³-hybridized carbons (Fsp3) is 0.500. The van der Waals surface area contributed by atoms with E-state index < -0.39 is 5.60 Å². The molecule has 1 amide bonds. The standard InChI is InChI=1S/C14H18ClNO2/c15-12-5-3-11(4-6-12)9-13(17)16-10-14(18)7-1-2-8-14/h3-6,18H,1-2,7-10H2,(H,16,17). The van der Waals surface area contributed by atoms with E-state index in [1.165, 1.54) is 0 Å². The number of hydrogen-bond acceptors (Lipinski definition) is 2. The summed E-state index contributed by atoms with van der Waals surface area (Å²) in [6.45, 7) is 0.361. The van der Waals surface area contributed by atoms with Gasteiger partial charge in [0.25, 0.3) is 0 Å². The third kappa shape index (κ3) is 3.72. The monoisotopic (exact) mass is 267 g/mol. The molecule has 0 unspecified atom stereocenters. The summed E-state index contributed by atoms with van der Waals surface area (Å²) in [7, 11) is 0. The molecule has 0 bridgehead atoms. The van der Waals surface area contributed by atoms with E-state index in [1.54, 1.807) is 12.1 Å². The van der Waals surface area contributed by atoms with E-state index >= 15 is 0 Å². The van der Waals surface area contributed by atoms with E-state index in [-0.39, 0.29) is 5.91 Å². The number of rotatable bonds is 4. The molecule has 3 nitrogen and oxygen atoms in total. The second-order valence-electron chi connectivity index (χ2n) is 5.01. The van der Waals surface area contributed by atoms with E-state index in [0.29, 0.717) is 18.0 Å². The van der Waals surface area contributed by atoms with Crippen molar-refractivity contribution < 1.29 is 9.90 Å². The molecule has 0 heterocycles. The van der Waals surface area contributed by atoms with E-state index in [2.05, 4.69) is 5.32 Å². The lowest BCUT2D eigenvalue weighted by molar-refractivity contribution is -0.121. The van der Waals surface area contributed by atoms with E-state index in [9.17, 15) is 9.90 Å². The summed E-state index contributed by atoms with van der Waals surface area (Å²) in [4.78, 5) is 11.7. The zero-order chi connectivity index (χ0) is 13.0. The number of nitrogens with one attached hydrogen (secondary N) is 1. The number of halogens is 1. The van der Waals surface area contributed by atoms with Gasteiger partial charge in [0.05, 0.1) is 12.0 Å². The Bertz CT molecular complexity index is 410. The molecule has 1 aromatic carbocycles. The molecule has 0 spiro atoms. The van der Waals surface area contributed by atoms with Crippen LogP contribution in [0.1, 0.15) is 31.2 Å². The van der Waals surface area contributed by atoms with Crippen molar-refractivity contribution in [3.63, 3.8) is 0 Å². The molecule has 0 radical (unpaired) electrons. The summed E-state index contributed by atoms with van der Waals surface area (Å²) in [5.74, 6) is -0.0577. The molecule has 0 aromatic heterocycles. The first-order chi connectivity index (χ1) is 8.57. The van der Waals surface area contributed by atoms with E-state index in [4.69, 9.17) is 11.6 Å². The molecular formula is C14H18ClNO2. The molecule has 1 saturated carbocycles. The first kappa shape index (κ1) is 13.4. The van der Waals surface area contributed by atoms with Crippen molar-refractivity contribution >= 4 is 17.5 Å². The Morgan fingerprint density at radius 2 is 1.89 bits per heavy atom. The predicted molar refractivity (Wildman–Crippen MR) is 71.6 cm³/mol. The van der Waals surface area contributed by atoms with Gasteiger partial charge in [0.2, 0.25) is 5.91 Å². The highest BCUT2D eigenvalue weighted by molar-refractivity contribution is 6.30. The fourth-order valence-corrected chi connectivity index (χ4v) is 2.45. The molecule has 1 aromatic rings. The lowest BCUT2D eigenvalue weighted by Gasteiger charge is -2.22. The summed E-state index contributed by atoms with van der Waals surface area (Å²) in [6.07, 6.45) is 3.99. The minimum Gasteiger partial charge on any atom is -0.388 e. The summed E-state index contributed by atoms with van der Waals surface area (Å²) >= 11 is 5.78. The van der Waals surface area contributed by atoms with Crippen LogP contribution in [0.25, 0.3) is 0 Å². The summed E-state index contributed by atoms with van der Waals surface area (Å²) < 4.78 is 0. The van der Waals surface area contributed by atoms with Crippen LogP contribution in [0, 0.1) is 0 Å². The van der Waals surface area contributed by atoms with Crippen molar-refractivity contribution in [1.29, 1.82) is 0 Å². The Hall–Kier alpha value is -1.06. The number of carbonyl (C=O) groups excluding carboxylic acids is 1. The van der Waals surface area contributed by atoms with Crippen molar-refractivity contribution in [1.82, 2.24) is 5.32 Å². The highest BCUT2D eigenvalue weighted by Gasteiger charge is 2.31. The Labute approximate surface area is 112 Å². The van der Waals surface area contributed by atoms with Gasteiger partial charge in [-0.05, 0) is 30.5 Å². The van der Waals surface area contributed by atoms with Crippen molar-refractivity contribution in [2.45, 2.75) is 37.7 Å². The average Bonchev–Trinajstić information content (AvgIpc) is 2.78. The molecule has 18 heavy (non-hydrogen) atoms. The lowest BCUT2D eigenvalue weighted by atomic mass is 10.0. The van der Waals surface area contributed by atoms with Gasteiger partial charge in [0.15, 0.2) is 0 Å². The molecular weight excluding hydrogens is 250 g/mol. The highest BCUT2D eigenvalue weighted by atomic mass is 35.5. The third-order valence-electron chi connectivity index (χ3n) is 3.43. The van der Waals surface area contributed by atoms with Gasteiger partial charge in [0, 0.05) is 11.6 Å². The normalized spacial score (nSPS) is 17.7. The van der Waals surface area contributed by atoms with Gasteiger partial charge in [-0.3, -0.25) is 4.79 Å². The molecule has 0 aliphatic heterocycles. The molecule has 0 saturated heterocycles. The van der Waals surface area contributed by atoms with Crippen molar-refractivity contribution in [3.05, 3.63) is 34.9 Å². The largest absolute Gasteiger partial charge is 0.388 e. The molecule has 2 rings (SSSR count). The fourth-order valence-electron chi connectivity index (χ4n) is 2.32. The van der Waals surface area contributed by atoms with Gasteiger partial charge >= 0.3 is 0 Å². The topological polar surface area (TPSA) is 49.3 Å². The molecule has 4 heteroatoms. The average molecular weight is 268 g/mol. The molecule has 2 N–H and O–H groups in total. The summed E-state index contributed by atoms with van der Waals surface area (Å²) in [5, 5.41) is 13.6. The van der Waals surface area contributed by atoms with Crippen LogP contribution in [0.3, 0.4) is 0 Å². The van der Waals surface area contributed by atoms with Crippen LogP contribution in [0.4, 0.5) is 0 Å². The molecule has 98 valence electrons. The molecule has 1 aliphatic rings. The minimum absolute atomic E-state index is 0.0577. The quantitative estimate of drug-likeness (QED) is 0.880. The number of benzene rings is 1. The van der Waals surface area contributed by atoms with E-state index in [0.717, 1.165) is 31.2 Å². The van der Waals surface area contributed by atoms with Crippen LogP contribution in [0.5, 0.6) is 0 Å². The zero-order valence-corrected chi connectivity index (χ0v) is 11.0. The van der Waals surface area contributed by atoms with Crippen LogP contribution in [0.2, 0.25) is 5.02 Å². The number of amides is 1. The van der Waals surface area contributed by atoms with Crippen LogP contribution in [0.15, 0.2) is 24.3 Å². The van der Waals surface area contributed by atoms with Crippen molar-refractivity contribution in [2.75, 3.05) is 6.54 Å². The number of carbonyl (C=O) groups is 1. The molecule has 1 fully saturated rings. The van der Waals surface area contributed by atoms with Gasteiger partial charge in [-0.25, -0.2) is 0 Å². The summed E-state index contributed by atoms with van der Waals surface area (Å²) in [6, 6.07) is 7.22. The van der Waals surface area contributed by atoms with Gasteiger partial charge in [-0.1, -0.05) is 36.6 Å². The Balaban J connectivity index is 1.80.